The van der Waals surface area contributed by atoms with Crippen LogP contribution in [0, 0.1) is 5.41 Å². The lowest BCUT2D eigenvalue weighted by molar-refractivity contribution is 0.337. The molecule has 2 nitrogen and oxygen atoms in total. The second-order valence-corrected chi connectivity index (χ2v) is 6.15. The Bertz CT molecular complexity index is 332. The van der Waals surface area contributed by atoms with E-state index >= 15 is 0 Å². The van der Waals surface area contributed by atoms with Crippen molar-refractivity contribution in [2.45, 2.75) is 46.5 Å². The third kappa shape index (κ3) is 6.11. The number of hydrogen-bond donors (Lipinski definition) is 1. The molecule has 0 aliphatic rings. The second-order valence-electron chi connectivity index (χ2n) is 6.15. The molecule has 0 spiro atoms. The Balaban J connectivity index is 2.51. The maximum absolute atomic E-state index is 5.80. The van der Waals surface area contributed by atoms with Crippen LogP contribution < -0.4 is 10.6 Å². The fraction of sp³-hybridized carbons (Fsp3) is 0.647. The van der Waals surface area contributed by atoms with E-state index in [1.165, 1.54) is 31.4 Å². The van der Waals surface area contributed by atoms with Gasteiger partial charge in [0.15, 0.2) is 0 Å². The first-order chi connectivity index (χ1) is 9.09. The maximum Gasteiger partial charge on any atom is 0.0366 e. The lowest BCUT2D eigenvalue weighted by Crippen LogP contribution is -2.28. The van der Waals surface area contributed by atoms with Gasteiger partial charge in [-0.15, -0.1) is 0 Å². The molecule has 0 atom stereocenters. The van der Waals surface area contributed by atoms with Gasteiger partial charge in [0.25, 0.3) is 0 Å². The quantitative estimate of drug-likeness (QED) is 0.727. The Morgan fingerprint density at radius 2 is 1.68 bits per heavy atom. The van der Waals surface area contributed by atoms with E-state index in [4.69, 9.17) is 5.73 Å². The molecule has 1 aromatic carbocycles. The second kappa shape index (κ2) is 8.21. The normalized spacial score (nSPS) is 11.6. The van der Waals surface area contributed by atoms with E-state index in [0.717, 1.165) is 19.6 Å². The zero-order chi connectivity index (χ0) is 14.1. The lowest BCUT2D eigenvalue weighted by Gasteiger charge is -2.28. The van der Waals surface area contributed by atoms with Gasteiger partial charge in [0, 0.05) is 18.8 Å². The molecule has 19 heavy (non-hydrogen) atoms. The summed E-state index contributed by atoms with van der Waals surface area (Å²) in [4.78, 5) is 2.51. The minimum atomic E-state index is 0.271. The smallest absolute Gasteiger partial charge is 0.0366 e. The van der Waals surface area contributed by atoms with Crippen LogP contribution in [0.15, 0.2) is 30.3 Å². The van der Waals surface area contributed by atoms with Crippen molar-refractivity contribution in [2.24, 2.45) is 11.1 Å². The average Bonchev–Trinajstić information content (AvgIpc) is 2.43. The van der Waals surface area contributed by atoms with Crippen molar-refractivity contribution in [2.75, 3.05) is 24.5 Å². The van der Waals surface area contributed by atoms with Crippen LogP contribution in [0.4, 0.5) is 5.69 Å². The average molecular weight is 262 g/mol. The van der Waals surface area contributed by atoms with Gasteiger partial charge < -0.3 is 10.6 Å². The van der Waals surface area contributed by atoms with Crippen molar-refractivity contribution >= 4 is 5.69 Å². The Hall–Kier alpha value is -1.02. The van der Waals surface area contributed by atoms with Gasteiger partial charge in [-0.3, -0.25) is 0 Å². The highest BCUT2D eigenvalue weighted by molar-refractivity contribution is 5.45. The van der Waals surface area contributed by atoms with Crippen molar-refractivity contribution in [1.82, 2.24) is 0 Å². The number of nitrogens with two attached hydrogens (primary N) is 1. The largest absolute Gasteiger partial charge is 0.372 e. The summed E-state index contributed by atoms with van der Waals surface area (Å²) in [5.41, 5.74) is 7.42. The third-order valence-corrected chi connectivity index (χ3v) is 3.74. The van der Waals surface area contributed by atoms with Crippen molar-refractivity contribution in [1.29, 1.82) is 0 Å². The van der Waals surface area contributed by atoms with E-state index in [9.17, 15) is 0 Å². The minimum absolute atomic E-state index is 0.271. The molecule has 2 N–H and O–H groups in total. The SMILES string of the molecule is CCCCN(CCCC(C)(C)CN)c1ccccc1. The molecule has 0 heterocycles. The lowest BCUT2D eigenvalue weighted by atomic mass is 9.88. The minimum Gasteiger partial charge on any atom is -0.372 e. The first-order valence-electron chi connectivity index (χ1n) is 7.59. The number of benzene rings is 1. The van der Waals surface area contributed by atoms with Gasteiger partial charge in [-0.2, -0.15) is 0 Å². The molecule has 1 rings (SSSR count). The molecule has 0 unspecified atom stereocenters. The topological polar surface area (TPSA) is 29.3 Å². The molecule has 0 aliphatic heterocycles. The predicted octanol–water partition coefficient (Wildman–Crippen LogP) is 4.06. The first kappa shape index (κ1) is 16.0. The third-order valence-electron chi connectivity index (χ3n) is 3.74. The van der Waals surface area contributed by atoms with Crippen LogP contribution in [0.3, 0.4) is 0 Å². The molecule has 0 bridgehead atoms. The summed E-state index contributed by atoms with van der Waals surface area (Å²) in [5, 5.41) is 0. The van der Waals surface area contributed by atoms with Gasteiger partial charge in [0.05, 0.1) is 0 Å². The van der Waals surface area contributed by atoms with Gasteiger partial charge >= 0.3 is 0 Å². The number of unbranched alkanes of at least 4 members (excludes halogenated alkanes) is 1. The summed E-state index contributed by atoms with van der Waals surface area (Å²) < 4.78 is 0. The number of para-hydroxylation sites is 1. The Morgan fingerprint density at radius 1 is 1.05 bits per heavy atom. The van der Waals surface area contributed by atoms with Crippen LogP contribution in [-0.2, 0) is 0 Å². The van der Waals surface area contributed by atoms with E-state index in [2.05, 4.69) is 56.0 Å². The standard InChI is InChI=1S/C17H30N2/c1-4-5-13-19(16-10-7-6-8-11-16)14-9-12-17(2,3)15-18/h6-8,10-11H,4-5,9,12-15,18H2,1-3H3. The molecular weight excluding hydrogens is 232 g/mol. The number of anilines is 1. The predicted molar refractivity (Wildman–Crippen MR) is 85.6 cm³/mol. The highest BCUT2D eigenvalue weighted by Gasteiger charge is 2.15. The van der Waals surface area contributed by atoms with Crippen LogP contribution in [0.25, 0.3) is 0 Å². The van der Waals surface area contributed by atoms with Crippen molar-refractivity contribution in [3.05, 3.63) is 30.3 Å². The highest BCUT2D eigenvalue weighted by Crippen LogP contribution is 2.22. The summed E-state index contributed by atoms with van der Waals surface area (Å²) in [6, 6.07) is 10.8. The summed E-state index contributed by atoms with van der Waals surface area (Å²) >= 11 is 0. The van der Waals surface area contributed by atoms with Crippen molar-refractivity contribution in [3.63, 3.8) is 0 Å². The maximum atomic E-state index is 5.80. The van der Waals surface area contributed by atoms with Crippen LogP contribution in [0.5, 0.6) is 0 Å². The molecule has 0 aliphatic carbocycles. The van der Waals surface area contributed by atoms with Gasteiger partial charge in [0.1, 0.15) is 0 Å². The molecule has 1 aromatic rings. The number of nitrogens with zero attached hydrogens (tertiary/aromatic N) is 1. The molecule has 0 saturated heterocycles. The molecule has 0 saturated carbocycles. The zero-order valence-corrected chi connectivity index (χ0v) is 12.9. The summed E-state index contributed by atoms with van der Waals surface area (Å²) in [6.45, 7) is 9.82. The number of rotatable bonds is 9. The fourth-order valence-corrected chi connectivity index (χ4v) is 2.21. The van der Waals surface area contributed by atoms with Crippen LogP contribution in [-0.4, -0.2) is 19.6 Å². The first-order valence-corrected chi connectivity index (χ1v) is 7.59. The Morgan fingerprint density at radius 3 is 2.26 bits per heavy atom. The van der Waals surface area contributed by atoms with Gasteiger partial charge in [-0.25, -0.2) is 0 Å². The summed E-state index contributed by atoms with van der Waals surface area (Å²) in [5.74, 6) is 0. The van der Waals surface area contributed by atoms with Gasteiger partial charge in [-0.05, 0) is 43.4 Å². The molecule has 0 radical (unpaired) electrons. The summed E-state index contributed by atoms with van der Waals surface area (Å²) in [6.07, 6.45) is 4.91. The van der Waals surface area contributed by atoms with E-state index < -0.39 is 0 Å². The highest BCUT2D eigenvalue weighted by atomic mass is 15.1. The molecular formula is C17H30N2. The van der Waals surface area contributed by atoms with Crippen LogP contribution in [0.1, 0.15) is 46.5 Å². The monoisotopic (exact) mass is 262 g/mol. The Kier molecular flexibility index (Phi) is 6.93. The van der Waals surface area contributed by atoms with Crippen molar-refractivity contribution < 1.29 is 0 Å². The summed E-state index contributed by atoms with van der Waals surface area (Å²) in [7, 11) is 0. The van der Waals surface area contributed by atoms with Gasteiger partial charge in [-0.1, -0.05) is 45.4 Å². The molecule has 108 valence electrons. The molecule has 0 aromatic heterocycles. The molecule has 2 heteroatoms. The molecule has 0 amide bonds. The molecule has 0 fully saturated rings. The van der Waals surface area contributed by atoms with E-state index in [1.807, 2.05) is 0 Å². The van der Waals surface area contributed by atoms with Crippen molar-refractivity contribution in [3.8, 4) is 0 Å². The van der Waals surface area contributed by atoms with E-state index in [-0.39, 0.29) is 5.41 Å². The van der Waals surface area contributed by atoms with Crippen LogP contribution >= 0.6 is 0 Å². The Labute approximate surface area is 119 Å². The fourth-order valence-electron chi connectivity index (χ4n) is 2.21. The van der Waals surface area contributed by atoms with Crippen LogP contribution in [0.2, 0.25) is 0 Å². The number of hydrogen-bond acceptors (Lipinski definition) is 2. The van der Waals surface area contributed by atoms with E-state index in [1.54, 1.807) is 0 Å². The van der Waals surface area contributed by atoms with E-state index in [0.29, 0.717) is 0 Å². The van der Waals surface area contributed by atoms with Gasteiger partial charge in [0.2, 0.25) is 0 Å². The zero-order valence-electron chi connectivity index (χ0n) is 12.9.